The smallest absolute Gasteiger partial charge is 0.253 e. The first kappa shape index (κ1) is 21.2. The van der Waals surface area contributed by atoms with Crippen LogP contribution in [-0.4, -0.2) is 40.8 Å². The van der Waals surface area contributed by atoms with Crippen molar-refractivity contribution in [1.29, 1.82) is 0 Å². The summed E-state index contributed by atoms with van der Waals surface area (Å²) in [6, 6.07) is 19.7. The van der Waals surface area contributed by atoms with Gasteiger partial charge in [0.1, 0.15) is 0 Å². The molecule has 5 heteroatoms. The quantitative estimate of drug-likeness (QED) is 0.366. The molecule has 1 heterocycles. The number of hydrogen-bond acceptors (Lipinski definition) is 4. The van der Waals surface area contributed by atoms with Crippen LogP contribution in [0.4, 0.5) is 0 Å². The molecule has 0 aliphatic carbocycles. The lowest BCUT2D eigenvalue weighted by atomic mass is 9.83. The topological polar surface area (TPSA) is 65.8 Å². The van der Waals surface area contributed by atoms with E-state index in [1.165, 1.54) is 5.56 Å². The number of aromatic nitrogens is 1. The molecule has 0 aliphatic heterocycles. The molecule has 30 heavy (non-hydrogen) atoms. The summed E-state index contributed by atoms with van der Waals surface area (Å²) in [5.74, 6) is -0.0482. The van der Waals surface area contributed by atoms with E-state index in [1.807, 2.05) is 55.5 Å². The van der Waals surface area contributed by atoms with E-state index in [2.05, 4.69) is 29.2 Å². The van der Waals surface area contributed by atoms with Crippen molar-refractivity contribution in [3.63, 3.8) is 0 Å². The molecule has 0 saturated carbocycles. The van der Waals surface area contributed by atoms with E-state index < -0.39 is 0 Å². The molecule has 1 aromatic heterocycles. The van der Waals surface area contributed by atoms with Crippen molar-refractivity contribution in [1.82, 2.24) is 9.88 Å². The van der Waals surface area contributed by atoms with E-state index >= 15 is 0 Å². The summed E-state index contributed by atoms with van der Waals surface area (Å²) in [6.45, 7) is 4.00. The second kappa shape index (κ2) is 9.35. The average Bonchev–Trinajstić information content (AvgIpc) is 2.75. The highest BCUT2D eigenvalue weighted by atomic mass is 16.4. The molecule has 0 radical (unpaired) electrons. The zero-order valence-corrected chi connectivity index (χ0v) is 17.8. The summed E-state index contributed by atoms with van der Waals surface area (Å²) >= 11 is 0. The lowest BCUT2D eigenvalue weighted by molar-refractivity contribution is 0.0827. The molecule has 2 aromatic carbocycles. The van der Waals surface area contributed by atoms with Crippen LogP contribution in [0.1, 0.15) is 50.6 Å². The number of rotatable bonds is 6. The van der Waals surface area contributed by atoms with Crippen LogP contribution in [-0.2, 0) is 0 Å². The number of nitrogens with zero attached hydrogens (tertiary/aromatic N) is 3. The van der Waals surface area contributed by atoms with Gasteiger partial charge in [0.25, 0.3) is 5.91 Å². The van der Waals surface area contributed by atoms with E-state index in [-0.39, 0.29) is 11.8 Å². The highest BCUT2D eigenvalue weighted by Crippen LogP contribution is 2.32. The van der Waals surface area contributed by atoms with Gasteiger partial charge in [-0.2, -0.15) is 0 Å². The lowest BCUT2D eigenvalue weighted by Gasteiger charge is -2.21. The first-order valence-corrected chi connectivity index (χ1v) is 9.91. The molecular weight excluding hydrogens is 374 g/mol. The maximum atomic E-state index is 12.3. The predicted octanol–water partition coefficient (Wildman–Crippen LogP) is 4.80. The molecule has 0 spiro atoms. The molecule has 1 amide bonds. The van der Waals surface area contributed by atoms with Crippen LogP contribution in [0.2, 0.25) is 0 Å². The molecule has 1 unspecified atom stereocenters. The van der Waals surface area contributed by atoms with E-state index in [1.54, 1.807) is 25.2 Å². The number of pyridine rings is 1. The van der Waals surface area contributed by atoms with Gasteiger partial charge in [-0.15, -0.1) is 0 Å². The number of aryl methyl sites for hydroxylation is 2. The minimum atomic E-state index is -0.0288. The number of hydrogen-bond donors (Lipinski definition) is 1. The molecule has 0 bridgehead atoms. The Hall–Kier alpha value is -3.47. The number of benzene rings is 2. The highest BCUT2D eigenvalue weighted by molar-refractivity contribution is 6.01. The number of amides is 1. The Morgan fingerprint density at radius 2 is 1.73 bits per heavy atom. The van der Waals surface area contributed by atoms with E-state index in [0.29, 0.717) is 17.7 Å². The van der Waals surface area contributed by atoms with Gasteiger partial charge < -0.3 is 10.1 Å². The maximum absolute atomic E-state index is 12.3. The fourth-order valence-electron chi connectivity index (χ4n) is 3.64. The van der Waals surface area contributed by atoms with Crippen molar-refractivity contribution in [3.05, 3.63) is 100 Å². The average molecular weight is 402 g/mol. The molecule has 0 aliphatic rings. The van der Waals surface area contributed by atoms with Gasteiger partial charge in [-0.05, 0) is 54.8 Å². The largest absolute Gasteiger partial charge is 0.411 e. The van der Waals surface area contributed by atoms with Crippen LogP contribution < -0.4 is 0 Å². The molecule has 3 aromatic rings. The third-order valence-corrected chi connectivity index (χ3v) is 5.28. The molecular formula is C25H27N3O2. The summed E-state index contributed by atoms with van der Waals surface area (Å²) < 4.78 is 0. The lowest BCUT2D eigenvalue weighted by Crippen LogP contribution is -2.21. The van der Waals surface area contributed by atoms with Crippen LogP contribution in [0, 0.1) is 13.8 Å². The Kier molecular flexibility index (Phi) is 6.62. The normalized spacial score (nSPS) is 12.5. The molecule has 0 fully saturated rings. The van der Waals surface area contributed by atoms with Crippen LogP contribution in [0.25, 0.3) is 0 Å². The summed E-state index contributed by atoms with van der Waals surface area (Å²) in [6.07, 6.45) is 2.24. The first-order valence-electron chi connectivity index (χ1n) is 9.91. The number of carbonyl (C=O) groups is 1. The fourth-order valence-corrected chi connectivity index (χ4v) is 3.64. The Balaban J connectivity index is 2.01. The van der Waals surface area contributed by atoms with Gasteiger partial charge in [0.05, 0.1) is 5.71 Å². The maximum Gasteiger partial charge on any atom is 0.253 e. The minimum Gasteiger partial charge on any atom is -0.411 e. The van der Waals surface area contributed by atoms with Crippen LogP contribution in [0.15, 0.2) is 72.0 Å². The van der Waals surface area contributed by atoms with E-state index in [9.17, 15) is 10.0 Å². The monoisotopic (exact) mass is 401 g/mol. The van der Waals surface area contributed by atoms with E-state index in [4.69, 9.17) is 0 Å². The van der Waals surface area contributed by atoms with Gasteiger partial charge >= 0.3 is 0 Å². The van der Waals surface area contributed by atoms with Gasteiger partial charge in [-0.1, -0.05) is 41.6 Å². The van der Waals surface area contributed by atoms with Crippen molar-refractivity contribution in [3.8, 4) is 0 Å². The summed E-state index contributed by atoms with van der Waals surface area (Å²) in [7, 11) is 3.49. The zero-order valence-electron chi connectivity index (χ0n) is 17.8. The molecule has 5 nitrogen and oxygen atoms in total. The summed E-state index contributed by atoms with van der Waals surface area (Å²) in [5, 5.41) is 13.4. The minimum absolute atomic E-state index is 0.0194. The molecule has 1 atom stereocenters. The van der Waals surface area contributed by atoms with Gasteiger partial charge in [0, 0.05) is 49.5 Å². The molecule has 0 saturated heterocycles. The van der Waals surface area contributed by atoms with Crippen molar-refractivity contribution < 1.29 is 10.0 Å². The Morgan fingerprint density at radius 3 is 2.33 bits per heavy atom. The van der Waals surface area contributed by atoms with Gasteiger partial charge in [-0.3, -0.25) is 9.78 Å². The van der Waals surface area contributed by atoms with Crippen molar-refractivity contribution >= 4 is 11.6 Å². The van der Waals surface area contributed by atoms with E-state index in [0.717, 1.165) is 22.4 Å². The predicted molar refractivity (Wildman–Crippen MR) is 119 cm³/mol. The number of oxime groups is 1. The van der Waals surface area contributed by atoms with Gasteiger partial charge in [-0.25, -0.2) is 0 Å². The van der Waals surface area contributed by atoms with Crippen LogP contribution in [0.5, 0.6) is 0 Å². The Bertz CT molecular complexity index is 1060. The second-order valence-electron chi connectivity index (χ2n) is 7.67. The Labute approximate surface area is 177 Å². The third-order valence-electron chi connectivity index (χ3n) is 5.28. The fraction of sp³-hybridized carbons (Fsp3) is 0.240. The standard InChI is InChI=1S/C25H27N3O2/c1-17-7-5-6-8-22(17)23(16-24(27-30)21-13-14-26-18(2)15-21)19-9-11-20(12-10-19)25(29)28(3)4/h5-15,23,30H,16H2,1-4H3. The van der Waals surface area contributed by atoms with Crippen molar-refractivity contribution in [2.75, 3.05) is 14.1 Å². The van der Waals surface area contributed by atoms with Crippen LogP contribution >= 0.6 is 0 Å². The second-order valence-corrected chi connectivity index (χ2v) is 7.67. The van der Waals surface area contributed by atoms with Crippen molar-refractivity contribution in [2.45, 2.75) is 26.2 Å². The zero-order chi connectivity index (χ0) is 21.7. The third kappa shape index (κ3) is 4.74. The van der Waals surface area contributed by atoms with Gasteiger partial charge in [0.15, 0.2) is 0 Å². The van der Waals surface area contributed by atoms with Gasteiger partial charge in [0.2, 0.25) is 0 Å². The molecule has 154 valence electrons. The Morgan fingerprint density at radius 1 is 1.03 bits per heavy atom. The SMILES string of the molecule is Cc1cc(C(CC(c2ccc(C(=O)N(C)C)cc2)c2ccccc2C)=NO)ccn1. The van der Waals surface area contributed by atoms with Crippen LogP contribution in [0.3, 0.4) is 0 Å². The highest BCUT2D eigenvalue weighted by Gasteiger charge is 2.21. The first-order chi connectivity index (χ1) is 14.4. The number of carbonyl (C=O) groups excluding carboxylic acids is 1. The molecule has 3 rings (SSSR count). The summed E-state index contributed by atoms with van der Waals surface area (Å²) in [4.78, 5) is 18.1. The van der Waals surface area contributed by atoms with Crippen molar-refractivity contribution in [2.24, 2.45) is 5.16 Å². The summed E-state index contributed by atoms with van der Waals surface area (Å²) in [5.41, 5.74) is 6.35. The molecule has 1 N–H and O–H groups in total.